The van der Waals surface area contributed by atoms with Gasteiger partial charge in [0.25, 0.3) is 0 Å². The summed E-state index contributed by atoms with van der Waals surface area (Å²) in [7, 11) is 0. The zero-order chi connectivity index (χ0) is 7.98. The van der Waals surface area contributed by atoms with E-state index in [0.29, 0.717) is 0 Å². The fraction of sp³-hybridized carbons (Fsp3) is 1.00. The van der Waals surface area contributed by atoms with Crippen LogP contribution < -0.4 is 4.34 Å². The van der Waals surface area contributed by atoms with Gasteiger partial charge in [0, 0.05) is 41.3 Å². The van der Waals surface area contributed by atoms with Gasteiger partial charge < -0.3 is 10.2 Å². The van der Waals surface area contributed by atoms with Gasteiger partial charge in [-0.3, -0.25) is 4.34 Å². The average molecular weight is 212 g/mol. The van der Waals surface area contributed by atoms with Crippen LogP contribution in [0.15, 0.2) is 0 Å². The summed E-state index contributed by atoms with van der Waals surface area (Å²) < 4.78 is 2.85. The average Bonchev–Trinajstić information content (AvgIpc) is 1.99. The molecule has 0 heterocycles. The standard InChI is InChI=1S/C6H14BrNO2/c1-5(8-7)2-6(3-9)4-10/h5-6,8-10H,2-4H2,1H3/t5-/m0/s1. The molecule has 0 saturated heterocycles. The zero-order valence-electron chi connectivity index (χ0n) is 6.05. The highest BCUT2D eigenvalue weighted by molar-refractivity contribution is 9.08. The van der Waals surface area contributed by atoms with E-state index in [1.165, 1.54) is 0 Å². The van der Waals surface area contributed by atoms with Gasteiger partial charge in [-0.25, -0.2) is 0 Å². The van der Waals surface area contributed by atoms with E-state index in [1.807, 2.05) is 6.92 Å². The predicted octanol–water partition coefficient (Wildman–Crippen LogP) is 0.265. The molecular weight excluding hydrogens is 198 g/mol. The first-order chi connectivity index (χ1) is 4.74. The largest absolute Gasteiger partial charge is 0.396 e. The van der Waals surface area contributed by atoms with Crippen molar-refractivity contribution >= 4 is 16.1 Å². The summed E-state index contributed by atoms with van der Waals surface area (Å²) in [6, 6.07) is 0.282. The lowest BCUT2D eigenvalue weighted by molar-refractivity contribution is 0.138. The first kappa shape index (κ1) is 10.4. The maximum absolute atomic E-state index is 8.67. The number of hydrogen-bond donors (Lipinski definition) is 3. The van der Waals surface area contributed by atoms with Crippen molar-refractivity contribution in [3.05, 3.63) is 0 Å². The van der Waals surface area contributed by atoms with Crippen LogP contribution >= 0.6 is 16.1 Å². The van der Waals surface area contributed by atoms with Gasteiger partial charge in [0.1, 0.15) is 0 Å². The summed E-state index contributed by atoms with van der Waals surface area (Å²) in [6.07, 6.45) is 0.776. The summed E-state index contributed by atoms with van der Waals surface area (Å²) in [4.78, 5) is 0. The highest BCUT2D eigenvalue weighted by Gasteiger charge is 2.09. The molecule has 0 aromatic carbocycles. The van der Waals surface area contributed by atoms with Crippen molar-refractivity contribution in [2.75, 3.05) is 13.2 Å². The van der Waals surface area contributed by atoms with E-state index < -0.39 is 0 Å². The van der Waals surface area contributed by atoms with Gasteiger partial charge in [-0.15, -0.1) is 0 Å². The molecule has 4 heteroatoms. The predicted molar refractivity (Wildman–Crippen MR) is 43.8 cm³/mol. The van der Waals surface area contributed by atoms with Crippen LogP contribution in [0.1, 0.15) is 13.3 Å². The van der Waals surface area contributed by atoms with E-state index >= 15 is 0 Å². The summed E-state index contributed by atoms with van der Waals surface area (Å²) in [5, 5.41) is 17.3. The first-order valence-electron chi connectivity index (χ1n) is 3.32. The molecule has 3 nitrogen and oxygen atoms in total. The first-order valence-corrected chi connectivity index (χ1v) is 4.11. The molecule has 0 spiro atoms. The molecule has 0 unspecified atom stereocenters. The van der Waals surface area contributed by atoms with Crippen LogP contribution in [0.4, 0.5) is 0 Å². The van der Waals surface area contributed by atoms with Crippen molar-refractivity contribution in [3.8, 4) is 0 Å². The van der Waals surface area contributed by atoms with Gasteiger partial charge in [-0.2, -0.15) is 0 Å². The maximum atomic E-state index is 8.67. The Morgan fingerprint density at radius 3 is 2.20 bits per heavy atom. The van der Waals surface area contributed by atoms with Gasteiger partial charge in [0.15, 0.2) is 0 Å². The SMILES string of the molecule is C[C@@H](CC(CO)CO)NBr. The van der Waals surface area contributed by atoms with Crippen LogP contribution in [0, 0.1) is 5.92 Å². The monoisotopic (exact) mass is 211 g/mol. The molecule has 0 aliphatic heterocycles. The molecule has 0 aliphatic rings. The molecule has 0 aromatic rings. The minimum atomic E-state index is 0.0000463. The van der Waals surface area contributed by atoms with E-state index in [-0.39, 0.29) is 25.2 Å². The zero-order valence-corrected chi connectivity index (χ0v) is 7.63. The highest BCUT2D eigenvalue weighted by atomic mass is 79.9. The number of aliphatic hydroxyl groups is 2. The number of nitrogens with one attached hydrogen (secondary N) is 1. The molecule has 0 aliphatic carbocycles. The number of hydrogen-bond acceptors (Lipinski definition) is 3. The van der Waals surface area contributed by atoms with E-state index in [4.69, 9.17) is 10.2 Å². The van der Waals surface area contributed by atoms with Gasteiger partial charge in [0.2, 0.25) is 0 Å². The number of rotatable bonds is 5. The third kappa shape index (κ3) is 4.22. The van der Waals surface area contributed by atoms with Crippen molar-refractivity contribution in [1.82, 2.24) is 4.34 Å². The van der Waals surface area contributed by atoms with Gasteiger partial charge in [-0.05, 0) is 13.3 Å². The van der Waals surface area contributed by atoms with Gasteiger partial charge in [0.05, 0.1) is 0 Å². The minimum Gasteiger partial charge on any atom is -0.396 e. The smallest absolute Gasteiger partial charge is 0.0481 e. The summed E-state index contributed by atoms with van der Waals surface area (Å²) in [5.74, 6) is 0.0000463. The van der Waals surface area contributed by atoms with Crippen LogP contribution in [0.5, 0.6) is 0 Å². The fourth-order valence-electron chi connectivity index (χ4n) is 0.751. The van der Waals surface area contributed by atoms with Crippen molar-refractivity contribution < 1.29 is 10.2 Å². The van der Waals surface area contributed by atoms with Gasteiger partial charge in [-0.1, -0.05) is 0 Å². The van der Waals surface area contributed by atoms with Crippen LogP contribution in [0.25, 0.3) is 0 Å². The molecule has 0 rings (SSSR count). The molecule has 3 N–H and O–H groups in total. The molecule has 0 aromatic heterocycles. The van der Waals surface area contributed by atoms with Crippen LogP contribution in [0.2, 0.25) is 0 Å². The Morgan fingerprint density at radius 1 is 1.40 bits per heavy atom. The topological polar surface area (TPSA) is 52.5 Å². The third-order valence-electron chi connectivity index (χ3n) is 1.39. The highest BCUT2D eigenvalue weighted by Crippen LogP contribution is 2.05. The Balaban J connectivity index is 3.41. The van der Waals surface area contributed by atoms with E-state index in [0.717, 1.165) is 6.42 Å². The fourth-order valence-corrected chi connectivity index (χ4v) is 0.938. The second-order valence-electron chi connectivity index (χ2n) is 2.48. The molecular formula is C6H14BrNO2. The molecule has 1 atom stereocenters. The molecule has 10 heavy (non-hydrogen) atoms. The Bertz CT molecular complexity index is 78.1. The Kier molecular flexibility index (Phi) is 6.31. The van der Waals surface area contributed by atoms with Gasteiger partial charge >= 0.3 is 0 Å². The van der Waals surface area contributed by atoms with Crippen molar-refractivity contribution in [3.63, 3.8) is 0 Å². The maximum Gasteiger partial charge on any atom is 0.0481 e. The van der Waals surface area contributed by atoms with Crippen LogP contribution in [-0.2, 0) is 0 Å². The second kappa shape index (κ2) is 6.09. The van der Waals surface area contributed by atoms with E-state index in [9.17, 15) is 0 Å². The number of halogens is 1. The third-order valence-corrected chi connectivity index (χ3v) is 2.17. The molecule has 0 saturated carbocycles. The lowest BCUT2D eigenvalue weighted by Crippen LogP contribution is -2.23. The van der Waals surface area contributed by atoms with Crippen LogP contribution in [0.3, 0.4) is 0 Å². The van der Waals surface area contributed by atoms with E-state index in [1.54, 1.807) is 0 Å². The molecule has 62 valence electrons. The minimum absolute atomic E-state index is 0.0000463. The van der Waals surface area contributed by atoms with Crippen LogP contribution in [-0.4, -0.2) is 29.5 Å². The van der Waals surface area contributed by atoms with Crippen molar-refractivity contribution in [1.29, 1.82) is 0 Å². The lowest BCUT2D eigenvalue weighted by atomic mass is 10.0. The van der Waals surface area contributed by atoms with Crippen molar-refractivity contribution in [2.24, 2.45) is 5.92 Å². The normalized spacial score (nSPS) is 14.1. The Morgan fingerprint density at radius 2 is 1.90 bits per heavy atom. The summed E-state index contributed by atoms with van der Waals surface area (Å²) >= 11 is 3.09. The summed E-state index contributed by atoms with van der Waals surface area (Å²) in [6.45, 7) is 2.08. The molecule has 0 fully saturated rings. The Labute approximate surface area is 69.8 Å². The summed E-state index contributed by atoms with van der Waals surface area (Å²) in [5.41, 5.74) is 0. The van der Waals surface area contributed by atoms with E-state index in [2.05, 4.69) is 20.5 Å². The lowest BCUT2D eigenvalue weighted by Gasteiger charge is -2.14. The number of aliphatic hydroxyl groups excluding tert-OH is 2. The Hall–Kier alpha value is 0.360. The second-order valence-corrected chi connectivity index (χ2v) is 2.93. The molecule has 0 radical (unpaired) electrons. The molecule has 0 bridgehead atoms. The molecule has 0 amide bonds. The van der Waals surface area contributed by atoms with Crippen molar-refractivity contribution in [2.45, 2.75) is 19.4 Å². The quantitative estimate of drug-likeness (QED) is 0.573.